The Bertz CT molecular complexity index is 644. The summed E-state index contributed by atoms with van der Waals surface area (Å²) in [6.07, 6.45) is 0. The van der Waals surface area contributed by atoms with Crippen molar-refractivity contribution in [2.75, 3.05) is 19.0 Å². The van der Waals surface area contributed by atoms with Crippen molar-refractivity contribution in [2.24, 2.45) is 4.99 Å². The van der Waals surface area contributed by atoms with E-state index in [1.54, 1.807) is 12.1 Å². The second-order valence-corrected chi connectivity index (χ2v) is 4.41. The number of imide groups is 1. The molecule has 3 N–H and O–H groups in total. The molecular weight excluding hydrogens is 300 g/mol. The zero-order valence-electron chi connectivity index (χ0n) is 10.9. The van der Waals surface area contributed by atoms with Gasteiger partial charge in [-0.25, -0.2) is 9.59 Å². The third-order valence-corrected chi connectivity index (χ3v) is 2.78. The molecule has 0 aromatic heterocycles. The molecule has 2 rings (SSSR count). The second kappa shape index (κ2) is 6.23. The Morgan fingerprint density at radius 1 is 1.43 bits per heavy atom. The van der Waals surface area contributed by atoms with Gasteiger partial charge >= 0.3 is 12.1 Å². The molecule has 0 unspecified atom stereocenters. The number of ether oxygens (including phenoxy) is 1. The molecule has 1 aliphatic rings. The van der Waals surface area contributed by atoms with Gasteiger partial charge in [0.1, 0.15) is 11.5 Å². The highest BCUT2D eigenvalue weighted by Crippen LogP contribution is 2.27. The summed E-state index contributed by atoms with van der Waals surface area (Å²) in [7, 11) is 1.44. The second-order valence-electron chi connectivity index (χ2n) is 3.97. The Kier molecular flexibility index (Phi) is 4.39. The Hall–Kier alpha value is -2.61. The van der Waals surface area contributed by atoms with Crippen molar-refractivity contribution in [2.45, 2.75) is 0 Å². The highest BCUT2D eigenvalue weighted by molar-refractivity contribution is 6.45. The summed E-state index contributed by atoms with van der Waals surface area (Å²) in [5.41, 5.74) is 0.215. The Morgan fingerprint density at radius 2 is 2.19 bits per heavy atom. The van der Waals surface area contributed by atoms with Gasteiger partial charge in [0.2, 0.25) is 0 Å². The fraction of sp³-hybridized carbons (Fsp3) is 0.167. The fourth-order valence-corrected chi connectivity index (χ4v) is 1.77. The number of benzene rings is 1. The summed E-state index contributed by atoms with van der Waals surface area (Å²) in [4.78, 5) is 37.7. The molecule has 21 heavy (non-hydrogen) atoms. The summed E-state index contributed by atoms with van der Waals surface area (Å²) in [6, 6.07) is 3.26. The minimum Gasteiger partial charge on any atom is -0.495 e. The Morgan fingerprint density at radius 3 is 2.86 bits per heavy atom. The van der Waals surface area contributed by atoms with Crippen LogP contribution in [0.5, 0.6) is 5.75 Å². The Balaban J connectivity index is 2.13. The van der Waals surface area contributed by atoms with Crippen LogP contribution < -0.4 is 20.7 Å². The van der Waals surface area contributed by atoms with Crippen LogP contribution in [0.4, 0.5) is 15.3 Å². The summed E-state index contributed by atoms with van der Waals surface area (Å²) in [6.45, 7) is -0.120. The van der Waals surface area contributed by atoms with Gasteiger partial charge in [-0.05, 0) is 18.2 Å². The molecule has 0 aliphatic carbocycles. The summed E-state index contributed by atoms with van der Waals surface area (Å²) < 4.78 is 5.07. The van der Waals surface area contributed by atoms with E-state index in [9.17, 15) is 14.4 Å². The van der Waals surface area contributed by atoms with Crippen LogP contribution >= 0.6 is 11.6 Å². The molecule has 8 nitrogen and oxygen atoms in total. The molecular formula is C12H11ClN4O4. The van der Waals surface area contributed by atoms with Gasteiger partial charge < -0.3 is 15.4 Å². The number of halogens is 1. The van der Waals surface area contributed by atoms with Crippen molar-refractivity contribution in [3.8, 4) is 5.75 Å². The molecule has 110 valence electrons. The molecule has 0 atom stereocenters. The summed E-state index contributed by atoms with van der Waals surface area (Å²) in [5.74, 6) is -0.318. The lowest BCUT2D eigenvalue weighted by Crippen LogP contribution is -2.53. The van der Waals surface area contributed by atoms with Gasteiger partial charge in [0, 0.05) is 5.02 Å². The number of urea groups is 2. The predicted molar refractivity (Wildman–Crippen MR) is 76.0 cm³/mol. The number of carbonyl (C=O) groups is 3. The van der Waals surface area contributed by atoms with Crippen molar-refractivity contribution in [1.29, 1.82) is 0 Å². The number of methoxy groups -OCH3 is 1. The quantitative estimate of drug-likeness (QED) is 0.761. The first-order valence-corrected chi connectivity index (χ1v) is 6.18. The van der Waals surface area contributed by atoms with Crippen molar-refractivity contribution in [3.05, 3.63) is 23.2 Å². The van der Waals surface area contributed by atoms with E-state index < -0.39 is 18.0 Å². The van der Waals surface area contributed by atoms with Crippen LogP contribution in [-0.2, 0) is 4.79 Å². The van der Waals surface area contributed by atoms with E-state index in [0.717, 1.165) is 0 Å². The molecule has 1 aromatic rings. The lowest BCUT2D eigenvalue weighted by molar-refractivity contribution is -0.114. The monoisotopic (exact) mass is 310 g/mol. The van der Waals surface area contributed by atoms with Gasteiger partial charge in [0.15, 0.2) is 0 Å². The molecule has 1 heterocycles. The van der Waals surface area contributed by atoms with E-state index in [1.165, 1.54) is 13.2 Å². The Labute approximate surface area is 124 Å². The number of hydrogen-bond acceptors (Lipinski definition) is 4. The zero-order valence-corrected chi connectivity index (χ0v) is 11.7. The van der Waals surface area contributed by atoms with Crippen LogP contribution in [0.2, 0.25) is 5.02 Å². The van der Waals surface area contributed by atoms with E-state index in [1.807, 2.05) is 5.32 Å². The SMILES string of the molecule is COc1ccc(Cl)cc1NC(=O)N=C1CNC(=O)NC1=O. The average molecular weight is 311 g/mol. The third kappa shape index (κ3) is 3.69. The largest absolute Gasteiger partial charge is 0.495 e. The first-order chi connectivity index (χ1) is 9.99. The van der Waals surface area contributed by atoms with Gasteiger partial charge in [-0.15, -0.1) is 0 Å². The number of anilines is 1. The van der Waals surface area contributed by atoms with Crippen LogP contribution in [0.15, 0.2) is 23.2 Å². The molecule has 1 aliphatic heterocycles. The number of nitrogens with one attached hydrogen (secondary N) is 3. The topological polar surface area (TPSA) is 109 Å². The van der Waals surface area contributed by atoms with Crippen molar-refractivity contribution in [1.82, 2.24) is 10.6 Å². The fourth-order valence-electron chi connectivity index (χ4n) is 1.60. The average Bonchev–Trinajstić information content (AvgIpc) is 2.42. The highest BCUT2D eigenvalue weighted by Gasteiger charge is 2.22. The number of hydrogen-bond donors (Lipinski definition) is 3. The van der Waals surface area contributed by atoms with Crippen molar-refractivity contribution in [3.63, 3.8) is 0 Å². The number of nitrogens with zero attached hydrogens (tertiary/aromatic N) is 1. The van der Waals surface area contributed by atoms with Gasteiger partial charge in [0.25, 0.3) is 5.91 Å². The van der Waals surface area contributed by atoms with E-state index in [0.29, 0.717) is 16.5 Å². The highest BCUT2D eigenvalue weighted by atomic mass is 35.5. The smallest absolute Gasteiger partial charge is 0.345 e. The molecule has 0 spiro atoms. The lowest BCUT2D eigenvalue weighted by Gasteiger charge is -2.14. The number of rotatable bonds is 2. The van der Waals surface area contributed by atoms with Gasteiger partial charge in [0.05, 0.1) is 19.3 Å². The van der Waals surface area contributed by atoms with Crippen LogP contribution in [0.3, 0.4) is 0 Å². The molecule has 0 saturated carbocycles. The number of aliphatic imine (C=N–C) groups is 1. The van der Waals surface area contributed by atoms with Crippen LogP contribution in [0.25, 0.3) is 0 Å². The predicted octanol–water partition coefficient (Wildman–Crippen LogP) is 1.16. The molecule has 0 radical (unpaired) electrons. The first-order valence-electron chi connectivity index (χ1n) is 5.81. The van der Waals surface area contributed by atoms with Crippen molar-refractivity contribution < 1.29 is 19.1 Å². The standard InChI is InChI=1S/C12H11ClN4O4/c1-21-9-3-2-6(13)4-7(9)15-12(20)16-8-5-14-11(19)17-10(8)18/h2-4H,5H2,1H3,(H,15,20)(H2,14,17,18,19). The van der Waals surface area contributed by atoms with Gasteiger partial charge in [-0.3, -0.25) is 10.1 Å². The van der Waals surface area contributed by atoms with Gasteiger partial charge in [-0.2, -0.15) is 4.99 Å². The molecule has 1 fully saturated rings. The molecule has 0 bridgehead atoms. The lowest BCUT2D eigenvalue weighted by atomic mass is 10.3. The molecule has 1 saturated heterocycles. The van der Waals surface area contributed by atoms with Gasteiger partial charge in [-0.1, -0.05) is 11.6 Å². The minimum atomic E-state index is -0.781. The van der Waals surface area contributed by atoms with E-state index in [-0.39, 0.29) is 12.3 Å². The maximum absolute atomic E-state index is 11.8. The normalized spacial score (nSPS) is 16.2. The zero-order chi connectivity index (χ0) is 15.4. The van der Waals surface area contributed by atoms with E-state index in [4.69, 9.17) is 16.3 Å². The molecule has 1 aromatic carbocycles. The summed E-state index contributed by atoms with van der Waals surface area (Å²) in [5, 5.41) is 7.18. The maximum atomic E-state index is 11.8. The van der Waals surface area contributed by atoms with E-state index in [2.05, 4.69) is 15.6 Å². The first kappa shape index (κ1) is 14.8. The maximum Gasteiger partial charge on any atom is 0.345 e. The number of carbonyl (C=O) groups excluding carboxylic acids is 3. The minimum absolute atomic E-state index is 0.104. The summed E-state index contributed by atoms with van der Waals surface area (Å²) >= 11 is 5.83. The van der Waals surface area contributed by atoms with Crippen LogP contribution in [0, 0.1) is 0 Å². The molecule has 9 heteroatoms. The molecule has 5 amide bonds. The van der Waals surface area contributed by atoms with Crippen LogP contribution in [0.1, 0.15) is 0 Å². The van der Waals surface area contributed by atoms with Crippen molar-refractivity contribution >= 4 is 41.0 Å². The number of amides is 5. The third-order valence-electron chi connectivity index (χ3n) is 2.55. The van der Waals surface area contributed by atoms with Crippen LogP contribution in [-0.4, -0.2) is 37.3 Å². The van der Waals surface area contributed by atoms with E-state index >= 15 is 0 Å².